The first-order chi connectivity index (χ1) is 11.8. The second-order valence-electron chi connectivity index (χ2n) is 5.84. The van der Waals surface area contributed by atoms with Gasteiger partial charge in [0.2, 0.25) is 5.91 Å². The van der Waals surface area contributed by atoms with E-state index < -0.39 is 0 Å². The van der Waals surface area contributed by atoms with Crippen molar-refractivity contribution in [1.29, 1.82) is 0 Å². The van der Waals surface area contributed by atoms with Gasteiger partial charge in [0, 0.05) is 14.3 Å². The third-order valence-corrected chi connectivity index (χ3v) is 4.79. The summed E-state index contributed by atoms with van der Waals surface area (Å²) in [5.41, 5.74) is 3.25. The summed E-state index contributed by atoms with van der Waals surface area (Å²) in [6.07, 6.45) is 0. The van der Waals surface area contributed by atoms with Crippen LogP contribution in [0.25, 0.3) is 0 Å². The number of fused-ring (bicyclic) bond motifs is 1. The Morgan fingerprint density at radius 2 is 1.96 bits per heavy atom. The standard InChI is InChI=1S/C18H16ClIN2O3/c1-10-5-13(20)6-11(2)18(10)21-16(23)8-22-14-7-12(19)3-4-15(14)25-9-17(22)24/h3-7H,8-9H2,1-2H3,(H,21,23). The number of rotatable bonds is 3. The van der Waals surface area contributed by atoms with Gasteiger partial charge in [-0.1, -0.05) is 11.6 Å². The van der Waals surface area contributed by atoms with Crippen LogP contribution in [0.3, 0.4) is 0 Å². The minimum absolute atomic E-state index is 0.0938. The van der Waals surface area contributed by atoms with Crippen molar-refractivity contribution in [2.45, 2.75) is 13.8 Å². The molecule has 5 nitrogen and oxygen atoms in total. The van der Waals surface area contributed by atoms with Gasteiger partial charge in [0.05, 0.1) is 5.69 Å². The van der Waals surface area contributed by atoms with Gasteiger partial charge in [-0.25, -0.2) is 0 Å². The molecule has 0 saturated heterocycles. The molecule has 2 aromatic rings. The zero-order valence-corrected chi connectivity index (χ0v) is 16.6. The highest BCUT2D eigenvalue weighted by atomic mass is 127. The molecule has 0 aliphatic carbocycles. The fourth-order valence-corrected chi connectivity index (χ4v) is 3.88. The van der Waals surface area contributed by atoms with Crippen molar-refractivity contribution in [2.24, 2.45) is 0 Å². The van der Waals surface area contributed by atoms with Crippen LogP contribution in [0.1, 0.15) is 11.1 Å². The molecule has 0 radical (unpaired) electrons. The van der Waals surface area contributed by atoms with E-state index in [-0.39, 0.29) is 25.0 Å². The number of benzene rings is 2. The number of hydrogen-bond donors (Lipinski definition) is 1. The Bertz CT molecular complexity index is 846. The molecule has 3 rings (SSSR count). The molecule has 1 N–H and O–H groups in total. The lowest BCUT2D eigenvalue weighted by atomic mass is 10.1. The van der Waals surface area contributed by atoms with Gasteiger partial charge >= 0.3 is 0 Å². The molecule has 0 bridgehead atoms. The van der Waals surface area contributed by atoms with Gasteiger partial charge in [0.1, 0.15) is 12.3 Å². The predicted molar refractivity (Wildman–Crippen MR) is 107 cm³/mol. The van der Waals surface area contributed by atoms with Gasteiger partial charge < -0.3 is 10.1 Å². The van der Waals surface area contributed by atoms with E-state index in [2.05, 4.69) is 27.9 Å². The number of carbonyl (C=O) groups is 2. The quantitative estimate of drug-likeness (QED) is 0.692. The van der Waals surface area contributed by atoms with E-state index in [4.69, 9.17) is 16.3 Å². The second-order valence-corrected chi connectivity index (χ2v) is 7.53. The van der Waals surface area contributed by atoms with Crippen LogP contribution in [0.15, 0.2) is 30.3 Å². The van der Waals surface area contributed by atoms with Crippen LogP contribution >= 0.6 is 34.2 Å². The fourth-order valence-electron chi connectivity index (χ4n) is 2.78. The van der Waals surface area contributed by atoms with E-state index in [0.29, 0.717) is 16.5 Å². The third-order valence-electron chi connectivity index (χ3n) is 3.93. The molecule has 1 aliphatic heterocycles. The van der Waals surface area contributed by atoms with E-state index >= 15 is 0 Å². The Balaban J connectivity index is 1.82. The molecule has 1 heterocycles. The number of anilines is 2. The van der Waals surface area contributed by atoms with Crippen LogP contribution in [-0.2, 0) is 9.59 Å². The highest BCUT2D eigenvalue weighted by Gasteiger charge is 2.27. The molecular weight excluding hydrogens is 455 g/mol. The van der Waals surface area contributed by atoms with Crippen LogP contribution in [0, 0.1) is 17.4 Å². The molecular formula is C18H16ClIN2O3. The number of amides is 2. The molecule has 25 heavy (non-hydrogen) atoms. The molecule has 0 atom stereocenters. The Hall–Kier alpha value is -1.80. The van der Waals surface area contributed by atoms with Crippen LogP contribution in [-0.4, -0.2) is 25.0 Å². The second kappa shape index (κ2) is 7.21. The van der Waals surface area contributed by atoms with Crippen molar-refractivity contribution >= 4 is 57.4 Å². The van der Waals surface area contributed by atoms with E-state index in [1.54, 1.807) is 18.2 Å². The highest BCUT2D eigenvalue weighted by molar-refractivity contribution is 14.1. The first-order valence-electron chi connectivity index (χ1n) is 7.64. The predicted octanol–water partition coefficient (Wildman–Crippen LogP) is 3.93. The number of halogens is 2. The van der Waals surface area contributed by atoms with Crippen LogP contribution in [0.2, 0.25) is 5.02 Å². The number of carbonyl (C=O) groups excluding carboxylic acids is 2. The van der Waals surface area contributed by atoms with Crippen LogP contribution < -0.4 is 15.0 Å². The summed E-state index contributed by atoms with van der Waals surface area (Å²) in [4.78, 5) is 26.1. The van der Waals surface area contributed by atoms with Crippen molar-refractivity contribution in [2.75, 3.05) is 23.4 Å². The molecule has 0 aromatic heterocycles. The topological polar surface area (TPSA) is 58.6 Å². The normalized spacial score (nSPS) is 13.3. The van der Waals surface area contributed by atoms with Crippen molar-refractivity contribution in [1.82, 2.24) is 0 Å². The molecule has 0 unspecified atom stereocenters. The maximum absolute atomic E-state index is 12.5. The summed E-state index contributed by atoms with van der Waals surface area (Å²) in [6, 6.07) is 9.01. The average Bonchev–Trinajstić information content (AvgIpc) is 2.54. The number of nitrogens with one attached hydrogen (secondary N) is 1. The Kier molecular flexibility index (Phi) is 5.19. The van der Waals surface area contributed by atoms with Gasteiger partial charge in [-0.15, -0.1) is 0 Å². The third kappa shape index (κ3) is 3.90. The Morgan fingerprint density at radius 3 is 2.64 bits per heavy atom. The zero-order valence-electron chi connectivity index (χ0n) is 13.7. The molecule has 0 fully saturated rings. The fraction of sp³-hybridized carbons (Fsp3) is 0.222. The molecule has 0 spiro atoms. The average molecular weight is 471 g/mol. The maximum Gasteiger partial charge on any atom is 0.265 e. The monoisotopic (exact) mass is 470 g/mol. The first kappa shape index (κ1) is 18.0. The SMILES string of the molecule is Cc1cc(I)cc(C)c1NC(=O)CN1C(=O)COc2ccc(Cl)cc21. The van der Waals surface area contributed by atoms with Gasteiger partial charge in [0.25, 0.3) is 5.91 Å². The van der Waals surface area contributed by atoms with Crippen molar-refractivity contribution in [3.63, 3.8) is 0 Å². The zero-order chi connectivity index (χ0) is 18.1. The number of ether oxygens (including phenoxy) is 1. The molecule has 2 aromatic carbocycles. The minimum atomic E-state index is -0.277. The van der Waals surface area contributed by atoms with E-state index in [1.807, 2.05) is 26.0 Å². The van der Waals surface area contributed by atoms with E-state index in [9.17, 15) is 9.59 Å². The summed E-state index contributed by atoms with van der Waals surface area (Å²) in [5, 5.41) is 3.39. The first-order valence-corrected chi connectivity index (χ1v) is 9.10. The van der Waals surface area contributed by atoms with Gasteiger partial charge in [-0.05, 0) is 77.9 Å². The highest BCUT2D eigenvalue weighted by Crippen LogP contribution is 2.34. The lowest BCUT2D eigenvalue weighted by molar-refractivity contribution is -0.123. The lowest BCUT2D eigenvalue weighted by Gasteiger charge is -2.29. The van der Waals surface area contributed by atoms with E-state index in [1.165, 1.54) is 4.90 Å². The summed E-state index contributed by atoms with van der Waals surface area (Å²) in [7, 11) is 0. The molecule has 2 amide bonds. The summed E-state index contributed by atoms with van der Waals surface area (Å²) < 4.78 is 6.50. The molecule has 7 heteroatoms. The minimum Gasteiger partial charge on any atom is -0.482 e. The van der Waals surface area contributed by atoms with Gasteiger partial charge in [0.15, 0.2) is 6.61 Å². The Morgan fingerprint density at radius 1 is 1.28 bits per heavy atom. The van der Waals surface area contributed by atoms with Gasteiger partial charge in [-0.2, -0.15) is 0 Å². The van der Waals surface area contributed by atoms with Crippen molar-refractivity contribution in [3.8, 4) is 5.75 Å². The molecule has 130 valence electrons. The number of aryl methyl sites for hydroxylation is 2. The molecule has 1 aliphatic rings. The van der Waals surface area contributed by atoms with Crippen molar-refractivity contribution < 1.29 is 14.3 Å². The summed E-state index contributed by atoms with van der Waals surface area (Å²) in [5.74, 6) is -0.00650. The molecule has 0 saturated carbocycles. The Labute approximate surface area is 164 Å². The summed E-state index contributed by atoms with van der Waals surface area (Å²) >= 11 is 8.26. The number of nitrogens with zero attached hydrogens (tertiary/aromatic N) is 1. The maximum atomic E-state index is 12.5. The van der Waals surface area contributed by atoms with Gasteiger partial charge in [-0.3, -0.25) is 14.5 Å². The largest absolute Gasteiger partial charge is 0.482 e. The van der Waals surface area contributed by atoms with Crippen LogP contribution in [0.5, 0.6) is 5.75 Å². The number of hydrogen-bond acceptors (Lipinski definition) is 3. The van der Waals surface area contributed by atoms with Crippen LogP contribution in [0.4, 0.5) is 11.4 Å². The van der Waals surface area contributed by atoms with Crippen molar-refractivity contribution in [3.05, 3.63) is 50.1 Å². The van der Waals surface area contributed by atoms with E-state index in [0.717, 1.165) is 20.4 Å². The summed E-state index contributed by atoms with van der Waals surface area (Å²) in [6.45, 7) is 3.70. The smallest absolute Gasteiger partial charge is 0.265 e. The lowest BCUT2D eigenvalue weighted by Crippen LogP contribution is -2.43.